The fraction of sp³-hybridized carbons (Fsp3) is 0.524. The molecular weight excluding hydrogens is 1500 g/mol. The summed E-state index contributed by atoms with van der Waals surface area (Å²) in [5, 5.41) is 22.9. The SMILES string of the molecule is COc1cc2c(cc1OCCCCCOc1cc3c(cc1OC)C(=O)N1C=C(C)C[C@H]1[C@H](O)N3C(=O)OCc1ccc(NC(=O)C(C)NC(=O)[C@@H](NC(=O)CCOCCOCCOCCOCCOCCOCCOCCOCCNC(=O)CCN3C(=O)CC(CC4=C/C=C\C=C/C=C4)C3=O)C(C)C)cc1)N=C[C@@H]1CC(C)=CN1C2=O. The molecule has 2 unspecified atom stereocenters. The van der Waals surface area contributed by atoms with E-state index in [0.29, 0.717) is 159 Å². The van der Waals surface area contributed by atoms with Gasteiger partial charge in [-0.3, -0.25) is 48.2 Å². The summed E-state index contributed by atoms with van der Waals surface area (Å²) in [5.74, 6) is -2.26. The summed E-state index contributed by atoms with van der Waals surface area (Å²) in [5.41, 5.74) is 4.88. The van der Waals surface area contributed by atoms with Gasteiger partial charge in [0.05, 0.1) is 174 Å². The predicted molar refractivity (Wildman–Crippen MR) is 428 cm³/mol. The molecule has 1 aliphatic carbocycles. The van der Waals surface area contributed by atoms with Crippen molar-refractivity contribution < 1.29 is 110 Å². The highest BCUT2D eigenvalue weighted by Gasteiger charge is 2.46. The Labute approximate surface area is 676 Å². The van der Waals surface area contributed by atoms with E-state index in [1.165, 1.54) is 43.1 Å². The van der Waals surface area contributed by atoms with Gasteiger partial charge in [-0.25, -0.2) is 9.69 Å². The summed E-state index contributed by atoms with van der Waals surface area (Å²) in [6.07, 6.45) is 19.8. The Bertz CT molecular complexity index is 4060. The number of hydrogen-bond donors (Lipinski definition) is 5. The number of allylic oxidation sites excluding steroid dienone is 8. The van der Waals surface area contributed by atoms with Gasteiger partial charge in [-0.2, -0.15) is 0 Å². The molecule has 0 saturated carbocycles. The normalized spacial score (nSPS) is 18.5. The molecule has 5 heterocycles. The number of aliphatic hydroxyl groups excluding tert-OH is 1. The molecule has 32 nitrogen and oxygen atoms in total. The van der Waals surface area contributed by atoms with Gasteiger partial charge in [0.15, 0.2) is 29.2 Å². The van der Waals surface area contributed by atoms with Crippen molar-refractivity contribution in [3.8, 4) is 23.0 Å². The van der Waals surface area contributed by atoms with Crippen molar-refractivity contribution in [2.45, 2.75) is 129 Å². The van der Waals surface area contributed by atoms with Crippen LogP contribution in [0.5, 0.6) is 23.0 Å². The van der Waals surface area contributed by atoms with Crippen LogP contribution in [-0.2, 0) is 78.0 Å². The standard InChI is InChI=1S/C84H111N9O23/c1-56(2)77(89-75(95)23-28-106-30-32-108-34-36-110-38-40-112-42-43-113-41-39-111-37-35-109-33-31-107-29-24-85-74(94)22-25-90-76(96)47-62(80(90)99)46-60-16-12-9-8-10-13-17-60)79(98)87-59(5)78(97)88-63-20-18-61(19-21-63)55-116-84(103)93-68-51-73(71(105-7)49-66(68)82(101)92-54-58(4)45-69(92)83(93)102)115-27-15-11-14-26-114-72-50-67-65(48-70(72)104-6)81(100)91-53-57(3)44-64(91)52-86-67/h8-10,12-13,16-21,48-54,56,59,62,64,69,77,83,102H,11,14-15,22-47,55H2,1-7H3,(H,85,94)(H,87,98)(H,88,97)(H,89,95)/b9-8-,10-8?,12-9?,13-10-,16-12?,17-13?,60-16?,60-17?/t59?,62?,64-,69-,77-,83-/m0/s1. The van der Waals surface area contributed by atoms with Crippen LogP contribution in [0.15, 0.2) is 125 Å². The van der Waals surface area contributed by atoms with Crippen LogP contribution >= 0.6 is 0 Å². The molecule has 0 radical (unpaired) electrons. The number of unbranched alkanes of at least 4 members (excludes halogenated alkanes) is 2. The molecule has 6 atom stereocenters. The Morgan fingerprint density at radius 2 is 1.14 bits per heavy atom. The van der Waals surface area contributed by atoms with Crippen molar-refractivity contribution in [2.24, 2.45) is 16.8 Å². The lowest BCUT2D eigenvalue weighted by Crippen LogP contribution is -2.53. The van der Waals surface area contributed by atoms with Gasteiger partial charge >= 0.3 is 6.09 Å². The number of anilines is 2. The van der Waals surface area contributed by atoms with Crippen molar-refractivity contribution in [1.29, 1.82) is 0 Å². The number of carbonyl (C=O) groups excluding carboxylic acids is 9. The van der Waals surface area contributed by atoms with Crippen LogP contribution in [0.2, 0.25) is 0 Å². The molecule has 1 fully saturated rings. The lowest BCUT2D eigenvalue weighted by atomic mass is 9.96. The molecule has 9 rings (SSSR count). The lowest BCUT2D eigenvalue weighted by molar-refractivity contribution is -0.139. The Balaban J connectivity index is 0.568. The van der Waals surface area contributed by atoms with Gasteiger partial charge in [0.25, 0.3) is 11.8 Å². The summed E-state index contributed by atoms with van der Waals surface area (Å²) in [6, 6.07) is 9.93. The van der Waals surface area contributed by atoms with E-state index in [-0.39, 0.29) is 124 Å². The fourth-order valence-electron chi connectivity index (χ4n) is 13.3. The molecule has 0 aromatic heterocycles. The first-order valence-electron chi connectivity index (χ1n) is 39.5. The third kappa shape index (κ3) is 27.2. The Kier molecular flexibility index (Phi) is 36.5. The van der Waals surface area contributed by atoms with Crippen molar-refractivity contribution >= 4 is 76.6 Å². The highest BCUT2D eigenvalue weighted by molar-refractivity contribution is 6.07. The highest BCUT2D eigenvalue weighted by Crippen LogP contribution is 2.43. The summed E-state index contributed by atoms with van der Waals surface area (Å²) >= 11 is 0. The molecule has 3 aromatic rings. The van der Waals surface area contributed by atoms with Crippen molar-refractivity contribution in [3.63, 3.8) is 0 Å². The summed E-state index contributed by atoms with van der Waals surface area (Å²) < 4.78 is 73.9. The van der Waals surface area contributed by atoms with Gasteiger partial charge in [-0.05, 0) is 101 Å². The number of amides is 9. The van der Waals surface area contributed by atoms with Crippen LogP contribution in [0.25, 0.3) is 0 Å². The number of hydrogen-bond acceptors (Lipinski definition) is 24. The second-order valence-electron chi connectivity index (χ2n) is 28.6. The van der Waals surface area contributed by atoms with Crippen LogP contribution in [-0.4, -0.2) is 256 Å². The molecule has 3 aromatic carbocycles. The van der Waals surface area contributed by atoms with Crippen LogP contribution < -0.4 is 45.1 Å². The minimum atomic E-state index is -1.53. The second-order valence-corrected chi connectivity index (χ2v) is 28.6. The smallest absolute Gasteiger partial charge is 0.416 e. The largest absolute Gasteiger partial charge is 0.493 e. The van der Waals surface area contributed by atoms with E-state index in [0.717, 1.165) is 28.0 Å². The summed E-state index contributed by atoms with van der Waals surface area (Å²) in [7, 11) is 2.96. The average Bonchev–Trinajstić information content (AvgIpc) is 1.59. The topological polar surface area (TPSA) is 367 Å². The number of benzene rings is 3. The molecule has 9 amide bonds. The van der Waals surface area contributed by atoms with Crippen molar-refractivity contribution in [1.82, 2.24) is 30.7 Å². The molecule has 5 aliphatic heterocycles. The number of ether oxygens (including phenoxy) is 13. The van der Waals surface area contributed by atoms with E-state index in [1.54, 1.807) is 67.6 Å². The Morgan fingerprint density at radius 1 is 0.578 bits per heavy atom. The molecule has 0 bridgehead atoms. The maximum absolute atomic E-state index is 14.3. The van der Waals surface area contributed by atoms with E-state index in [4.69, 9.17) is 61.6 Å². The number of likely N-dealkylation sites (tertiary alicyclic amines) is 1. The van der Waals surface area contributed by atoms with Crippen molar-refractivity contribution in [2.75, 3.05) is 156 Å². The van der Waals surface area contributed by atoms with Gasteiger partial charge in [0.2, 0.25) is 35.4 Å². The fourth-order valence-corrected chi connectivity index (χ4v) is 13.3. The molecule has 0 spiro atoms. The number of nitrogens with one attached hydrogen (secondary N) is 4. The number of nitrogens with zero attached hydrogens (tertiary/aromatic N) is 5. The number of aliphatic hydroxyl groups is 1. The molecule has 630 valence electrons. The molecule has 32 heteroatoms. The van der Waals surface area contributed by atoms with Gasteiger partial charge in [0.1, 0.15) is 18.7 Å². The Morgan fingerprint density at radius 3 is 1.76 bits per heavy atom. The summed E-state index contributed by atoms with van der Waals surface area (Å²) in [6.45, 7) is 14.9. The third-order valence-corrected chi connectivity index (χ3v) is 19.4. The molecule has 116 heavy (non-hydrogen) atoms. The van der Waals surface area contributed by atoms with E-state index in [2.05, 4.69) is 26.3 Å². The van der Waals surface area contributed by atoms with Gasteiger partial charge < -0.3 is 97.8 Å². The lowest BCUT2D eigenvalue weighted by Gasteiger charge is -2.31. The number of methoxy groups -OCH3 is 2. The maximum Gasteiger partial charge on any atom is 0.416 e. The number of fused-ring (bicyclic) bond motifs is 4. The number of aliphatic imine (C=N–C) groups is 1. The first-order valence-corrected chi connectivity index (χ1v) is 39.5. The minimum Gasteiger partial charge on any atom is -0.493 e. The maximum atomic E-state index is 14.3. The number of carbonyl (C=O) groups is 9. The van der Waals surface area contributed by atoms with E-state index in [1.807, 2.05) is 62.6 Å². The third-order valence-electron chi connectivity index (χ3n) is 19.4. The molecule has 1 saturated heterocycles. The monoisotopic (exact) mass is 1610 g/mol. The molecular formula is C84H111N9O23. The van der Waals surface area contributed by atoms with Gasteiger partial charge in [-0.15, -0.1) is 0 Å². The second kappa shape index (κ2) is 47.2. The Hall–Kier alpha value is -10.2. The quantitative estimate of drug-likeness (QED) is 0.0266. The van der Waals surface area contributed by atoms with E-state index in [9.17, 15) is 48.3 Å². The summed E-state index contributed by atoms with van der Waals surface area (Å²) in [4.78, 5) is 130. The van der Waals surface area contributed by atoms with Gasteiger partial charge in [-0.1, -0.05) is 79.7 Å². The first kappa shape index (κ1) is 89.8. The molecule has 6 aliphatic rings. The van der Waals surface area contributed by atoms with Crippen LogP contribution in [0, 0.1) is 11.8 Å². The first-order chi connectivity index (χ1) is 56.2. The van der Waals surface area contributed by atoms with Crippen LogP contribution in [0.3, 0.4) is 0 Å². The van der Waals surface area contributed by atoms with Crippen LogP contribution in [0.4, 0.5) is 21.9 Å². The van der Waals surface area contributed by atoms with E-state index >= 15 is 0 Å². The predicted octanol–water partition coefficient (Wildman–Crippen LogP) is 7.75. The number of rotatable bonds is 50. The zero-order chi connectivity index (χ0) is 82.7. The zero-order valence-electron chi connectivity index (χ0n) is 67.3. The van der Waals surface area contributed by atoms with E-state index < -0.39 is 60.0 Å². The minimum absolute atomic E-state index is 0.0164. The average molecular weight is 1610 g/mol. The van der Waals surface area contributed by atoms with Crippen molar-refractivity contribution in [3.05, 3.63) is 137 Å². The van der Waals surface area contributed by atoms with Gasteiger partial charge in [0, 0.05) is 68.8 Å². The molecule has 5 N–H and O–H groups in total. The highest BCUT2D eigenvalue weighted by atomic mass is 16.6. The van der Waals surface area contributed by atoms with Crippen LogP contribution in [0.1, 0.15) is 119 Å². The zero-order valence-corrected chi connectivity index (χ0v) is 67.3. The number of imide groups is 1.